The highest BCUT2D eigenvalue weighted by Gasteiger charge is 2.28. The maximum Gasteiger partial charge on any atom is 0.251 e. The number of hydrogen-bond donors (Lipinski definition) is 1. The van der Waals surface area contributed by atoms with Crippen molar-refractivity contribution in [1.82, 2.24) is 5.32 Å². The molecule has 1 aromatic carbocycles. The minimum Gasteiger partial charge on any atom is -0.349 e. The maximum atomic E-state index is 12.3. The van der Waals surface area contributed by atoms with Gasteiger partial charge in [-0.1, -0.05) is 18.9 Å². The van der Waals surface area contributed by atoms with Gasteiger partial charge in [0.1, 0.15) is 0 Å². The average molecular weight is 308 g/mol. The number of nitrogens with one attached hydrogen (secondary N) is 1. The van der Waals surface area contributed by atoms with Gasteiger partial charge in [-0.3, -0.25) is 9.10 Å². The van der Waals surface area contributed by atoms with E-state index in [1.807, 2.05) is 0 Å². The minimum absolute atomic E-state index is 0.111. The van der Waals surface area contributed by atoms with E-state index in [0.29, 0.717) is 24.2 Å². The van der Waals surface area contributed by atoms with Crippen molar-refractivity contribution in [2.45, 2.75) is 38.1 Å². The molecule has 3 rings (SSSR count). The molecule has 0 aromatic heterocycles. The number of nitrogens with zero attached hydrogens (tertiary/aromatic N) is 1. The second-order valence-electron chi connectivity index (χ2n) is 5.75. The van der Waals surface area contributed by atoms with Crippen LogP contribution in [0.1, 0.15) is 42.5 Å². The van der Waals surface area contributed by atoms with Gasteiger partial charge in [0.25, 0.3) is 5.91 Å². The number of rotatable bonds is 3. The summed E-state index contributed by atoms with van der Waals surface area (Å²) in [4.78, 5) is 12.3. The lowest BCUT2D eigenvalue weighted by Crippen LogP contribution is -2.32. The van der Waals surface area contributed by atoms with Crippen LogP contribution in [0.5, 0.6) is 0 Å². The van der Waals surface area contributed by atoms with E-state index in [-0.39, 0.29) is 17.7 Å². The number of carbonyl (C=O) groups is 1. The predicted molar refractivity (Wildman–Crippen MR) is 81.9 cm³/mol. The van der Waals surface area contributed by atoms with Crippen LogP contribution in [0.2, 0.25) is 0 Å². The Bertz CT molecular complexity index is 636. The van der Waals surface area contributed by atoms with Gasteiger partial charge in [-0.05, 0) is 37.5 Å². The van der Waals surface area contributed by atoms with Gasteiger partial charge in [0.2, 0.25) is 10.0 Å². The Morgan fingerprint density at radius 3 is 2.62 bits per heavy atom. The lowest BCUT2D eigenvalue weighted by Gasteiger charge is -2.18. The maximum absolute atomic E-state index is 12.3. The Balaban J connectivity index is 1.78. The summed E-state index contributed by atoms with van der Waals surface area (Å²) < 4.78 is 25.3. The summed E-state index contributed by atoms with van der Waals surface area (Å²) in [5.41, 5.74) is 1.12. The molecule has 2 aliphatic rings. The van der Waals surface area contributed by atoms with Crippen LogP contribution in [0.25, 0.3) is 0 Å². The third-order valence-electron chi connectivity index (χ3n) is 4.19. The van der Waals surface area contributed by atoms with E-state index in [1.165, 1.54) is 4.31 Å². The molecule has 1 N–H and O–H groups in total. The highest BCUT2D eigenvalue weighted by atomic mass is 32.2. The average Bonchev–Trinajstić information content (AvgIpc) is 3.08. The molecule has 1 heterocycles. The Morgan fingerprint density at radius 2 is 1.95 bits per heavy atom. The van der Waals surface area contributed by atoms with E-state index in [0.717, 1.165) is 25.7 Å². The summed E-state index contributed by atoms with van der Waals surface area (Å²) in [6.45, 7) is 0.496. The molecule has 0 atom stereocenters. The largest absolute Gasteiger partial charge is 0.349 e. The van der Waals surface area contributed by atoms with E-state index in [9.17, 15) is 13.2 Å². The zero-order chi connectivity index (χ0) is 14.9. The van der Waals surface area contributed by atoms with Crippen LogP contribution in [0.15, 0.2) is 24.3 Å². The fourth-order valence-corrected chi connectivity index (χ4v) is 4.63. The first kappa shape index (κ1) is 14.4. The fraction of sp³-hybridized carbons (Fsp3) is 0.533. The number of amides is 1. The van der Waals surface area contributed by atoms with Gasteiger partial charge in [-0.2, -0.15) is 0 Å². The molecular weight excluding hydrogens is 288 g/mol. The molecular formula is C15H20N2O3S. The van der Waals surface area contributed by atoms with Gasteiger partial charge < -0.3 is 5.32 Å². The summed E-state index contributed by atoms with van der Waals surface area (Å²) in [5, 5.41) is 3.03. The second-order valence-corrected chi connectivity index (χ2v) is 7.76. The Hall–Kier alpha value is -1.56. The first-order valence-electron chi connectivity index (χ1n) is 7.48. The molecule has 1 aromatic rings. The smallest absolute Gasteiger partial charge is 0.251 e. The second kappa shape index (κ2) is 5.67. The highest BCUT2D eigenvalue weighted by molar-refractivity contribution is 7.93. The van der Waals surface area contributed by atoms with Gasteiger partial charge in [0.05, 0.1) is 11.4 Å². The molecule has 1 aliphatic carbocycles. The van der Waals surface area contributed by atoms with Crippen molar-refractivity contribution < 1.29 is 13.2 Å². The first-order chi connectivity index (χ1) is 10.1. The highest BCUT2D eigenvalue weighted by Crippen LogP contribution is 2.25. The van der Waals surface area contributed by atoms with Crippen LogP contribution < -0.4 is 9.62 Å². The van der Waals surface area contributed by atoms with Crippen LogP contribution in [0.4, 0.5) is 5.69 Å². The van der Waals surface area contributed by atoms with Crippen molar-refractivity contribution >= 4 is 21.6 Å². The van der Waals surface area contributed by atoms with Crippen LogP contribution in [-0.4, -0.2) is 32.7 Å². The molecule has 6 heteroatoms. The van der Waals surface area contributed by atoms with Gasteiger partial charge in [0.15, 0.2) is 0 Å². The third kappa shape index (κ3) is 3.05. The van der Waals surface area contributed by atoms with E-state index < -0.39 is 10.0 Å². The predicted octanol–water partition coefficient (Wildman–Crippen LogP) is 1.90. The molecule has 0 bridgehead atoms. The summed E-state index contributed by atoms with van der Waals surface area (Å²) in [7, 11) is -3.20. The summed E-state index contributed by atoms with van der Waals surface area (Å²) in [6, 6.07) is 7.16. The SMILES string of the molecule is O=C(NC1CCCC1)c1cccc(N2CCCS2(=O)=O)c1. The molecule has 1 aliphatic heterocycles. The number of carbonyl (C=O) groups excluding carboxylic acids is 1. The molecule has 114 valence electrons. The molecule has 0 unspecified atom stereocenters. The number of benzene rings is 1. The van der Waals surface area contributed by atoms with E-state index >= 15 is 0 Å². The summed E-state index contributed by atoms with van der Waals surface area (Å²) >= 11 is 0. The van der Waals surface area contributed by atoms with Gasteiger partial charge in [-0.25, -0.2) is 8.42 Å². The van der Waals surface area contributed by atoms with Crippen LogP contribution in [0.3, 0.4) is 0 Å². The van der Waals surface area contributed by atoms with Crippen molar-refractivity contribution in [1.29, 1.82) is 0 Å². The Morgan fingerprint density at radius 1 is 1.19 bits per heavy atom. The number of hydrogen-bond acceptors (Lipinski definition) is 3. The first-order valence-corrected chi connectivity index (χ1v) is 9.08. The van der Waals surface area contributed by atoms with Crippen molar-refractivity contribution in [3.05, 3.63) is 29.8 Å². The zero-order valence-electron chi connectivity index (χ0n) is 11.9. The molecule has 2 fully saturated rings. The van der Waals surface area contributed by atoms with E-state index in [2.05, 4.69) is 5.32 Å². The Kier molecular flexibility index (Phi) is 3.89. The Labute approximate surface area is 125 Å². The normalized spacial score (nSPS) is 21.6. The van der Waals surface area contributed by atoms with Crippen LogP contribution in [0, 0.1) is 0 Å². The standard InChI is InChI=1S/C15H20N2O3S/c18-15(16-13-6-1-2-7-13)12-5-3-8-14(11-12)17-9-4-10-21(17,19)20/h3,5,8,11,13H,1-2,4,6-7,9-10H2,(H,16,18). The van der Waals surface area contributed by atoms with Gasteiger partial charge in [-0.15, -0.1) is 0 Å². The number of anilines is 1. The van der Waals surface area contributed by atoms with Crippen molar-refractivity contribution in [3.8, 4) is 0 Å². The van der Waals surface area contributed by atoms with Gasteiger partial charge in [0, 0.05) is 18.2 Å². The quantitative estimate of drug-likeness (QED) is 0.927. The monoisotopic (exact) mass is 308 g/mol. The molecule has 21 heavy (non-hydrogen) atoms. The van der Waals surface area contributed by atoms with Gasteiger partial charge >= 0.3 is 0 Å². The number of sulfonamides is 1. The minimum atomic E-state index is -3.20. The van der Waals surface area contributed by atoms with Crippen molar-refractivity contribution in [3.63, 3.8) is 0 Å². The van der Waals surface area contributed by atoms with E-state index in [1.54, 1.807) is 24.3 Å². The lowest BCUT2D eigenvalue weighted by atomic mass is 10.1. The van der Waals surface area contributed by atoms with Crippen molar-refractivity contribution in [2.75, 3.05) is 16.6 Å². The third-order valence-corrected chi connectivity index (χ3v) is 6.06. The van der Waals surface area contributed by atoms with Crippen LogP contribution in [-0.2, 0) is 10.0 Å². The molecule has 5 nitrogen and oxygen atoms in total. The van der Waals surface area contributed by atoms with Crippen LogP contribution >= 0.6 is 0 Å². The molecule has 0 radical (unpaired) electrons. The fourth-order valence-electron chi connectivity index (χ4n) is 3.07. The summed E-state index contributed by atoms with van der Waals surface area (Å²) in [6.07, 6.45) is 5.03. The lowest BCUT2D eigenvalue weighted by molar-refractivity contribution is 0.0938. The van der Waals surface area contributed by atoms with E-state index in [4.69, 9.17) is 0 Å². The van der Waals surface area contributed by atoms with Crippen molar-refractivity contribution in [2.24, 2.45) is 0 Å². The topological polar surface area (TPSA) is 66.5 Å². The molecule has 0 spiro atoms. The molecule has 1 saturated carbocycles. The molecule has 1 saturated heterocycles. The summed E-state index contributed by atoms with van der Waals surface area (Å²) in [5.74, 6) is 0.0752. The molecule has 1 amide bonds. The zero-order valence-corrected chi connectivity index (χ0v) is 12.7.